The Kier molecular flexibility index (Phi) is 7.32. The zero-order valence-corrected chi connectivity index (χ0v) is 16.5. The van der Waals surface area contributed by atoms with E-state index in [1.54, 1.807) is 26.0 Å². The van der Waals surface area contributed by atoms with Gasteiger partial charge in [0.15, 0.2) is 0 Å². The number of rotatable bonds is 7. The summed E-state index contributed by atoms with van der Waals surface area (Å²) in [6.07, 6.45) is 5.26. The third kappa shape index (κ3) is 5.77. The zero-order chi connectivity index (χ0) is 20.0. The third-order valence-corrected chi connectivity index (χ3v) is 5.16. The SMILES string of the molecule is CC(C)[C@H](NC(=O)CN1C(=O)/C(=C/C=C/c2ccccc2)SC1=S)C(=O)O. The number of nitrogens with zero attached hydrogens (tertiary/aromatic N) is 1. The summed E-state index contributed by atoms with van der Waals surface area (Å²) in [5.41, 5.74) is 0.997. The fraction of sp³-hybridized carbons (Fsp3) is 0.263. The number of carbonyl (C=O) groups excluding carboxylic acids is 2. The molecule has 0 aromatic heterocycles. The number of amides is 2. The van der Waals surface area contributed by atoms with Crippen molar-refractivity contribution in [2.45, 2.75) is 19.9 Å². The normalized spacial score (nSPS) is 17.1. The van der Waals surface area contributed by atoms with Gasteiger partial charge in [0.1, 0.15) is 16.9 Å². The van der Waals surface area contributed by atoms with Crippen molar-refractivity contribution in [3.63, 3.8) is 0 Å². The first-order valence-corrected chi connectivity index (χ1v) is 9.51. The molecule has 1 atom stereocenters. The highest BCUT2D eigenvalue weighted by molar-refractivity contribution is 8.26. The highest BCUT2D eigenvalue weighted by Gasteiger charge is 2.34. The van der Waals surface area contributed by atoms with Gasteiger partial charge >= 0.3 is 5.97 Å². The first-order valence-electron chi connectivity index (χ1n) is 8.29. The van der Waals surface area contributed by atoms with E-state index in [1.807, 2.05) is 36.4 Å². The lowest BCUT2D eigenvalue weighted by Crippen LogP contribution is -2.48. The molecule has 0 unspecified atom stereocenters. The molecule has 0 aliphatic carbocycles. The van der Waals surface area contributed by atoms with Crippen LogP contribution in [0.2, 0.25) is 0 Å². The van der Waals surface area contributed by atoms with Gasteiger partial charge in [-0.2, -0.15) is 0 Å². The number of carboxylic acid groups (broad SMARTS) is 1. The molecule has 142 valence electrons. The van der Waals surface area contributed by atoms with Crippen LogP contribution in [0.15, 0.2) is 47.4 Å². The summed E-state index contributed by atoms with van der Waals surface area (Å²) in [4.78, 5) is 37.4. The van der Waals surface area contributed by atoms with Gasteiger partial charge in [0, 0.05) is 0 Å². The summed E-state index contributed by atoms with van der Waals surface area (Å²) in [6, 6.07) is 8.61. The molecule has 2 rings (SSSR count). The first-order chi connectivity index (χ1) is 12.8. The smallest absolute Gasteiger partial charge is 0.326 e. The lowest BCUT2D eigenvalue weighted by Gasteiger charge is -2.20. The fourth-order valence-electron chi connectivity index (χ4n) is 2.34. The second-order valence-corrected chi connectivity index (χ2v) is 7.86. The van der Waals surface area contributed by atoms with E-state index in [2.05, 4.69) is 5.32 Å². The number of carboxylic acids is 1. The van der Waals surface area contributed by atoms with Crippen LogP contribution in [0.25, 0.3) is 6.08 Å². The molecule has 2 amide bonds. The molecule has 1 aliphatic heterocycles. The first kappa shape index (κ1) is 20.9. The minimum absolute atomic E-state index is 0.269. The number of thioether (sulfide) groups is 1. The van der Waals surface area contributed by atoms with Crippen LogP contribution in [0.4, 0.5) is 0 Å². The Labute approximate surface area is 167 Å². The van der Waals surface area contributed by atoms with Gasteiger partial charge in [-0.15, -0.1) is 0 Å². The molecular formula is C19H20N2O4S2. The fourth-order valence-corrected chi connectivity index (χ4v) is 3.54. The van der Waals surface area contributed by atoms with E-state index < -0.39 is 17.9 Å². The van der Waals surface area contributed by atoms with E-state index in [4.69, 9.17) is 17.3 Å². The van der Waals surface area contributed by atoms with Crippen molar-refractivity contribution in [1.82, 2.24) is 10.2 Å². The topological polar surface area (TPSA) is 86.7 Å². The van der Waals surface area contributed by atoms with E-state index in [9.17, 15) is 14.4 Å². The van der Waals surface area contributed by atoms with Crippen LogP contribution < -0.4 is 5.32 Å². The van der Waals surface area contributed by atoms with Gasteiger partial charge in [-0.05, 0) is 17.6 Å². The Morgan fingerprint density at radius 1 is 1.30 bits per heavy atom. The molecular weight excluding hydrogens is 384 g/mol. The molecule has 1 aromatic carbocycles. The maximum Gasteiger partial charge on any atom is 0.326 e. The van der Waals surface area contributed by atoms with Crippen molar-refractivity contribution in [1.29, 1.82) is 0 Å². The molecule has 0 spiro atoms. The van der Waals surface area contributed by atoms with E-state index >= 15 is 0 Å². The van der Waals surface area contributed by atoms with E-state index in [0.717, 1.165) is 17.3 Å². The lowest BCUT2D eigenvalue weighted by atomic mass is 10.0. The highest BCUT2D eigenvalue weighted by Crippen LogP contribution is 2.30. The van der Waals surface area contributed by atoms with Gasteiger partial charge in [0.2, 0.25) is 5.91 Å². The maximum atomic E-state index is 12.5. The van der Waals surface area contributed by atoms with Gasteiger partial charge in [-0.25, -0.2) is 4.79 Å². The summed E-state index contributed by atoms with van der Waals surface area (Å²) in [5, 5.41) is 11.6. The molecule has 0 radical (unpaired) electrons. The minimum Gasteiger partial charge on any atom is -0.480 e. The second-order valence-electron chi connectivity index (χ2n) is 6.19. The Balaban J connectivity index is 2.01. The number of nitrogens with one attached hydrogen (secondary N) is 1. The molecule has 6 nitrogen and oxygen atoms in total. The van der Waals surface area contributed by atoms with E-state index in [1.165, 1.54) is 4.90 Å². The number of allylic oxidation sites excluding steroid dienone is 2. The van der Waals surface area contributed by atoms with Gasteiger partial charge in [-0.1, -0.05) is 80.3 Å². The largest absolute Gasteiger partial charge is 0.480 e. The summed E-state index contributed by atoms with van der Waals surface area (Å²) in [6.45, 7) is 3.09. The minimum atomic E-state index is -1.12. The Morgan fingerprint density at radius 2 is 1.96 bits per heavy atom. The summed E-state index contributed by atoms with van der Waals surface area (Å²) < 4.78 is 0.269. The standard InChI is InChI=1S/C19H20N2O4S2/c1-12(2)16(18(24)25)20-15(22)11-21-17(23)14(27-19(21)26)10-6-9-13-7-4-3-5-8-13/h3-10,12,16H,11H2,1-2H3,(H,20,22)(H,24,25)/b9-6+,14-10-/t16-/m0/s1. The van der Waals surface area contributed by atoms with Crippen LogP contribution in [-0.4, -0.2) is 44.7 Å². The maximum absolute atomic E-state index is 12.5. The van der Waals surface area contributed by atoms with Crippen molar-refractivity contribution < 1.29 is 19.5 Å². The van der Waals surface area contributed by atoms with Crippen molar-refractivity contribution in [3.8, 4) is 0 Å². The van der Waals surface area contributed by atoms with E-state index in [0.29, 0.717) is 4.91 Å². The number of carbonyl (C=O) groups is 3. The molecule has 1 heterocycles. The Morgan fingerprint density at radius 3 is 2.56 bits per heavy atom. The Hall–Kier alpha value is -2.45. The molecule has 8 heteroatoms. The third-order valence-electron chi connectivity index (χ3n) is 3.76. The van der Waals surface area contributed by atoms with Gasteiger partial charge in [-0.3, -0.25) is 14.5 Å². The monoisotopic (exact) mass is 404 g/mol. The van der Waals surface area contributed by atoms with Crippen LogP contribution in [0.5, 0.6) is 0 Å². The predicted octanol–water partition coefficient (Wildman–Crippen LogP) is 2.67. The van der Waals surface area contributed by atoms with Gasteiger partial charge in [0.05, 0.1) is 4.91 Å². The van der Waals surface area contributed by atoms with E-state index in [-0.39, 0.29) is 22.7 Å². The number of hydrogen-bond donors (Lipinski definition) is 2. The number of hydrogen-bond acceptors (Lipinski definition) is 5. The van der Waals surface area contributed by atoms with Crippen LogP contribution in [0.1, 0.15) is 19.4 Å². The quantitative estimate of drug-likeness (QED) is 0.537. The molecule has 27 heavy (non-hydrogen) atoms. The molecule has 1 aromatic rings. The predicted molar refractivity (Wildman–Crippen MR) is 110 cm³/mol. The summed E-state index contributed by atoms with van der Waals surface area (Å²) >= 11 is 6.29. The number of aliphatic carboxylic acids is 1. The van der Waals surface area contributed by atoms with Crippen molar-refractivity contribution >= 4 is 52.2 Å². The molecule has 1 aliphatic rings. The second kappa shape index (κ2) is 9.48. The van der Waals surface area contributed by atoms with Crippen LogP contribution in [0, 0.1) is 5.92 Å². The summed E-state index contributed by atoms with van der Waals surface area (Å²) in [7, 11) is 0. The average molecular weight is 405 g/mol. The van der Waals surface area contributed by atoms with Crippen molar-refractivity contribution in [3.05, 3.63) is 53.0 Å². The van der Waals surface area contributed by atoms with Crippen LogP contribution in [-0.2, 0) is 14.4 Å². The molecule has 0 bridgehead atoms. The molecule has 1 fully saturated rings. The zero-order valence-electron chi connectivity index (χ0n) is 14.9. The van der Waals surface area contributed by atoms with Crippen LogP contribution in [0.3, 0.4) is 0 Å². The average Bonchev–Trinajstić information content (AvgIpc) is 2.87. The molecule has 0 saturated carbocycles. The number of benzene rings is 1. The summed E-state index contributed by atoms with van der Waals surface area (Å²) in [5.74, 6) is -2.32. The van der Waals surface area contributed by atoms with Crippen molar-refractivity contribution in [2.75, 3.05) is 6.54 Å². The van der Waals surface area contributed by atoms with Gasteiger partial charge < -0.3 is 10.4 Å². The van der Waals surface area contributed by atoms with Gasteiger partial charge in [0.25, 0.3) is 5.91 Å². The van der Waals surface area contributed by atoms with Crippen molar-refractivity contribution in [2.24, 2.45) is 5.92 Å². The highest BCUT2D eigenvalue weighted by atomic mass is 32.2. The molecule has 1 saturated heterocycles. The number of thiocarbonyl (C=S) groups is 1. The Bertz CT molecular complexity index is 803. The molecule has 2 N–H and O–H groups in total. The van der Waals surface area contributed by atoms with Crippen LogP contribution >= 0.6 is 24.0 Å². The lowest BCUT2D eigenvalue weighted by molar-refractivity contribution is -0.143.